The van der Waals surface area contributed by atoms with Gasteiger partial charge in [0.05, 0.1) is 20.9 Å². The standard InChI is InChI=1S/C24H30N4O3S2/c1-4-33(30,31)20-9-7-19(8-10-20)23(29)25-11-12-27-13-15-28(16-14-27)24-26-21-17(2)5-6-18(3)22(21)32-24/h5-10H,4,11-16H2,1-3H3,(H,25,29). The molecule has 0 bridgehead atoms. The first-order valence-electron chi connectivity index (χ1n) is 11.2. The van der Waals surface area contributed by atoms with E-state index in [1.165, 1.54) is 28.0 Å². The highest BCUT2D eigenvalue weighted by atomic mass is 32.2. The molecule has 1 fully saturated rings. The van der Waals surface area contributed by atoms with Gasteiger partial charge in [-0.25, -0.2) is 13.4 Å². The van der Waals surface area contributed by atoms with Crippen molar-refractivity contribution in [3.63, 3.8) is 0 Å². The van der Waals surface area contributed by atoms with E-state index in [1.54, 1.807) is 30.4 Å². The summed E-state index contributed by atoms with van der Waals surface area (Å²) in [5, 5.41) is 4.02. The van der Waals surface area contributed by atoms with Crippen LogP contribution in [0.2, 0.25) is 0 Å². The second-order valence-corrected chi connectivity index (χ2v) is 11.6. The van der Waals surface area contributed by atoms with E-state index in [4.69, 9.17) is 4.98 Å². The van der Waals surface area contributed by atoms with Gasteiger partial charge in [-0.15, -0.1) is 0 Å². The lowest BCUT2D eigenvalue weighted by Gasteiger charge is -2.34. The Morgan fingerprint density at radius 3 is 2.33 bits per heavy atom. The number of hydrogen-bond donors (Lipinski definition) is 1. The molecular formula is C24H30N4O3S2. The minimum Gasteiger partial charge on any atom is -0.351 e. The highest BCUT2D eigenvalue weighted by molar-refractivity contribution is 7.91. The molecule has 0 spiro atoms. The van der Waals surface area contributed by atoms with E-state index in [9.17, 15) is 13.2 Å². The second-order valence-electron chi connectivity index (χ2n) is 8.39. The highest BCUT2D eigenvalue weighted by Crippen LogP contribution is 2.33. The van der Waals surface area contributed by atoms with Crippen LogP contribution in [0.25, 0.3) is 10.2 Å². The van der Waals surface area contributed by atoms with Crippen LogP contribution in [0.4, 0.5) is 5.13 Å². The normalized spacial score (nSPS) is 15.2. The molecule has 2 heterocycles. The maximum absolute atomic E-state index is 12.4. The van der Waals surface area contributed by atoms with Gasteiger partial charge in [-0.2, -0.15) is 0 Å². The Morgan fingerprint density at radius 2 is 1.70 bits per heavy atom. The number of hydrogen-bond acceptors (Lipinski definition) is 7. The van der Waals surface area contributed by atoms with Crippen molar-refractivity contribution in [3.8, 4) is 0 Å². The zero-order valence-corrected chi connectivity index (χ0v) is 20.9. The van der Waals surface area contributed by atoms with Crippen LogP contribution >= 0.6 is 11.3 Å². The van der Waals surface area contributed by atoms with E-state index < -0.39 is 9.84 Å². The van der Waals surface area contributed by atoms with Crippen LogP contribution in [-0.2, 0) is 9.84 Å². The molecule has 33 heavy (non-hydrogen) atoms. The minimum atomic E-state index is -3.26. The van der Waals surface area contributed by atoms with Crippen molar-refractivity contribution in [1.82, 2.24) is 15.2 Å². The van der Waals surface area contributed by atoms with E-state index in [2.05, 4.69) is 41.1 Å². The lowest BCUT2D eigenvalue weighted by molar-refractivity contribution is 0.0947. The molecular weight excluding hydrogens is 456 g/mol. The summed E-state index contributed by atoms with van der Waals surface area (Å²) in [4.78, 5) is 22.2. The number of piperazine rings is 1. The molecule has 1 aliphatic rings. The molecule has 7 nitrogen and oxygen atoms in total. The number of nitrogens with one attached hydrogen (secondary N) is 1. The van der Waals surface area contributed by atoms with Crippen LogP contribution in [0.15, 0.2) is 41.3 Å². The first-order valence-corrected chi connectivity index (χ1v) is 13.7. The van der Waals surface area contributed by atoms with Gasteiger partial charge in [-0.1, -0.05) is 30.4 Å². The molecule has 9 heteroatoms. The molecule has 1 aromatic heterocycles. The summed E-state index contributed by atoms with van der Waals surface area (Å²) in [6.45, 7) is 10.9. The summed E-state index contributed by atoms with van der Waals surface area (Å²) in [7, 11) is -3.26. The average Bonchev–Trinajstić information content (AvgIpc) is 3.29. The quantitative estimate of drug-likeness (QED) is 0.552. The Bertz CT molecular complexity index is 1210. The number of carbonyl (C=O) groups is 1. The van der Waals surface area contributed by atoms with Gasteiger partial charge in [-0.3, -0.25) is 9.69 Å². The first kappa shape index (κ1) is 23.7. The molecule has 1 N–H and O–H groups in total. The summed E-state index contributed by atoms with van der Waals surface area (Å²) < 4.78 is 25.1. The van der Waals surface area contributed by atoms with Crippen LogP contribution in [0.1, 0.15) is 28.4 Å². The van der Waals surface area contributed by atoms with E-state index in [-0.39, 0.29) is 16.6 Å². The van der Waals surface area contributed by atoms with E-state index in [0.29, 0.717) is 12.1 Å². The van der Waals surface area contributed by atoms with Crippen LogP contribution in [0.5, 0.6) is 0 Å². The molecule has 2 aromatic carbocycles. The number of thiazole rings is 1. The summed E-state index contributed by atoms with van der Waals surface area (Å²) in [6, 6.07) is 10.4. The van der Waals surface area contributed by atoms with Gasteiger partial charge in [0.2, 0.25) is 0 Å². The van der Waals surface area contributed by atoms with Gasteiger partial charge in [0.1, 0.15) is 0 Å². The fourth-order valence-electron chi connectivity index (χ4n) is 3.96. The number of nitrogens with zero attached hydrogens (tertiary/aromatic N) is 3. The topological polar surface area (TPSA) is 82.6 Å². The van der Waals surface area contributed by atoms with Crippen molar-refractivity contribution in [1.29, 1.82) is 0 Å². The lowest BCUT2D eigenvalue weighted by atomic mass is 10.1. The molecule has 0 aliphatic carbocycles. The Hall–Kier alpha value is -2.49. The van der Waals surface area contributed by atoms with Gasteiger partial charge in [-0.05, 0) is 49.2 Å². The van der Waals surface area contributed by atoms with E-state index in [1.807, 2.05) is 0 Å². The Morgan fingerprint density at radius 1 is 1.03 bits per heavy atom. The third-order valence-corrected chi connectivity index (χ3v) is 9.14. The minimum absolute atomic E-state index is 0.0457. The Balaban J connectivity index is 1.26. The number of aryl methyl sites for hydroxylation is 2. The summed E-state index contributed by atoms with van der Waals surface area (Å²) in [5.41, 5.74) is 4.07. The third kappa shape index (κ3) is 5.20. The molecule has 1 amide bonds. The number of anilines is 1. The van der Waals surface area contributed by atoms with Gasteiger partial charge in [0, 0.05) is 44.8 Å². The fraction of sp³-hybridized carbons (Fsp3) is 0.417. The van der Waals surface area contributed by atoms with E-state index >= 15 is 0 Å². The van der Waals surface area contributed by atoms with Crippen molar-refractivity contribution in [2.24, 2.45) is 0 Å². The molecule has 176 valence electrons. The summed E-state index contributed by atoms with van der Waals surface area (Å²) >= 11 is 1.77. The van der Waals surface area contributed by atoms with E-state index in [0.717, 1.165) is 43.4 Å². The Kier molecular flexibility index (Phi) is 7.02. The predicted octanol–water partition coefficient (Wildman–Crippen LogP) is 3.26. The zero-order chi connectivity index (χ0) is 23.6. The maximum atomic E-state index is 12.4. The van der Waals surface area contributed by atoms with Crippen LogP contribution in [0, 0.1) is 13.8 Å². The number of carbonyl (C=O) groups excluding carboxylic acids is 1. The number of amides is 1. The monoisotopic (exact) mass is 486 g/mol. The van der Waals surface area contributed by atoms with Crippen LogP contribution < -0.4 is 10.2 Å². The zero-order valence-electron chi connectivity index (χ0n) is 19.3. The van der Waals surface area contributed by atoms with Crippen molar-refractivity contribution in [2.45, 2.75) is 25.7 Å². The van der Waals surface area contributed by atoms with Crippen molar-refractivity contribution in [3.05, 3.63) is 53.1 Å². The smallest absolute Gasteiger partial charge is 0.251 e. The molecule has 3 aromatic rings. The average molecular weight is 487 g/mol. The van der Waals surface area contributed by atoms with Gasteiger partial charge in [0.15, 0.2) is 15.0 Å². The fourth-order valence-corrected chi connectivity index (χ4v) is 6.00. The third-order valence-electron chi connectivity index (χ3n) is 6.14. The molecule has 0 saturated carbocycles. The molecule has 4 rings (SSSR count). The molecule has 0 radical (unpaired) electrons. The molecule has 0 atom stereocenters. The van der Waals surface area contributed by atoms with Crippen molar-refractivity contribution in [2.75, 3.05) is 49.9 Å². The first-order chi connectivity index (χ1) is 15.8. The second kappa shape index (κ2) is 9.79. The lowest BCUT2D eigenvalue weighted by Crippen LogP contribution is -2.48. The van der Waals surface area contributed by atoms with Gasteiger partial charge in [0.25, 0.3) is 5.91 Å². The number of benzene rings is 2. The van der Waals surface area contributed by atoms with Gasteiger partial charge < -0.3 is 10.2 Å². The number of sulfone groups is 1. The number of rotatable bonds is 7. The summed E-state index contributed by atoms with van der Waals surface area (Å²) in [6.07, 6.45) is 0. The molecule has 1 aliphatic heterocycles. The highest BCUT2D eigenvalue weighted by Gasteiger charge is 2.21. The van der Waals surface area contributed by atoms with Crippen LogP contribution in [-0.4, -0.2) is 69.2 Å². The van der Waals surface area contributed by atoms with Crippen molar-refractivity contribution >= 4 is 42.4 Å². The molecule has 1 saturated heterocycles. The van der Waals surface area contributed by atoms with Crippen LogP contribution in [0.3, 0.4) is 0 Å². The Labute approximate surface area is 199 Å². The number of fused-ring (bicyclic) bond motifs is 1. The van der Waals surface area contributed by atoms with Gasteiger partial charge >= 0.3 is 0 Å². The predicted molar refractivity (Wildman–Crippen MR) is 134 cm³/mol. The largest absolute Gasteiger partial charge is 0.351 e. The SMILES string of the molecule is CCS(=O)(=O)c1ccc(C(=O)NCCN2CCN(c3nc4c(C)ccc(C)c4s3)CC2)cc1. The molecule has 0 unspecified atom stereocenters. The van der Waals surface area contributed by atoms with Crippen molar-refractivity contribution < 1.29 is 13.2 Å². The summed E-state index contributed by atoms with van der Waals surface area (Å²) in [5.74, 6) is -0.140. The number of aromatic nitrogens is 1. The maximum Gasteiger partial charge on any atom is 0.251 e.